The van der Waals surface area contributed by atoms with E-state index in [9.17, 15) is 8.42 Å². The smallest absolute Gasteiger partial charge is 0.277 e. The molecule has 13 heavy (non-hydrogen) atoms. The first kappa shape index (κ1) is 9.39. The van der Waals surface area contributed by atoms with Crippen LogP contribution in [0, 0.1) is 0 Å². The Hall–Kier alpha value is -0.170. The molecule has 0 saturated heterocycles. The number of rotatable bonds is 4. The molecule has 0 unspecified atom stereocenters. The second-order valence-electron chi connectivity index (χ2n) is 3.84. The third-order valence-electron chi connectivity index (χ3n) is 2.33. The summed E-state index contributed by atoms with van der Waals surface area (Å²) in [6.07, 6.45) is 2.62. The molecule has 0 aromatic heterocycles. The first-order valence-electron chi connectivity index (χ1n) is 4.53. The van der Waals surface area contributed by atoms with Crippen LogP contribution in [-0.2, 0) is 10.2 Å². The summed E-state index contributed by atoms with van der Waals surface area (Å²) in [7, 11) is -3.31. The maximum absolute atomic E-state index is 11.3. The molecule has 2 rings (SSSR count). The van der Waals surface area contributed by atoms with Crippen LogP contribution in [-0.4, -0.2) is 31.7 Å². The Labute approximate surface area is 77.7 Å². The van der Waals surface area contributed by atoms with Crippen molar-refractivity contribution in [1.82, 2.24) is 9.44 Å². The lowest BCUT2D eigenvalue weighted by Crippen LogP contribution is -2.50. The molecule has 2 aliphatic rings. The van der Waals surface area contributed by atoms with E-state index in [2.05, 4.69) is 9.44 Å². The highest BCUT2D eigenvalue weighted by molar-refractivity contribution is 7.87. The summed E-state index contributed by atoms with van der Waals surface area (Å²) in [5.74, 6) is 0. The minimum absolute atomic E-state index is 0.0775. The van der Waals surface area contributed by atoms with Crippen LogP contribution in [0.15, 0.2) is 0 Å². The van der Waals surface area contributed by atoms with Crippen LogP contribution in [0.3, 0.4) is 0 Å². The summed E-state index contributed by atoms with van der Waals surface area (Å²) in [6.45, 7) is 0. The molecule has 76 valence electrons. The molecule has 0 aliphatic heterocycles. The van der Waals surface area contributed by atoms with E-state index in [-0.39, 0.29) is 18.2 Å². The molecular formula is C7H14N2O3S. The predicted octanol–water partition coefficient (Wildman–Crippen LogP) is -0.904. The average molecular weight is 206 g/mol. The third kappa shape index (κ3) is 2.63. The fourth-order valence-corrected chi connectivity index (χ4v) is 2.73. The topological polar surface area (TPSA) is 78.4 Å². The second-order valence-corrected chi connectivity index (χ2v) is 5.31. The fraction of sp³-hybridized carbons (Fsp3) is 1.00. The van der Waals surface area contributed by atoms with Crippen molar-refractivity contribution in [3.63, 3.8) is 0 Å². The Balaban J connectivity index is 1.78. The fourth-order valence-electron chi connectivity index (χ4n) is 1.36. The van der Waals surface area contributed by atoms with Gasteiger partial charge in [-0.25, -0.2) is 0 Å². The van der Waals surface area contributed by atoms with Crippen LogP contribution >= 0.6 is 0 Å². The van der Waals surface area contributed by atoms with E-state index in [1.54, 1.807) is 0 Å². The average Bonchev–Trinajstić information content (AvgIpc) is 2.66. The van der Waals surface area contributed by atoms with Gasteiger partial charge in [-0.05, 0) is 25.7 Å². The van der Waals surface area contributed by atoms with Gasteiger partial charge in [-0.3, -0.25) is 0 Å². The lowest BCUT2D eigenvalue weighted by molar-refractivity contribution is 0.0711. The first-order chi connectivity index (χ1) is 6.05. The van der Waals surface area contributed by atoms with Crippen LogP contribution in [0.5, 0.6) is 0 Å². The Morgan fingerprint density at radius 1 is 1.08 bits per heavy atom. The zero-order valence-corrected chi connectivity index (χ0v) is 8.05. The quantitative estimate of drug-likeness (QED) is 0.557. The van der Waals surface area contributed by atoms with E-state index in [4.69, 9.17) is 5.11 Å². The first-order valence-corrected chi connectivity index (χ1v) is 6.01. The second kappa shape index (κ2) is 3.20. The molecule has 2 saturated carbocycles. The maximum Gasteiger partial charge on any atom is 0.277 e. The molecule has 0 amide bonds. The Morgan fingerprint density at radius 3 is 2.08 bits per heavy atom. The Bertz CT molecular complexity index is 280. The highest BCUT2D eigenvalue weighted by atomic mass is 32.2. The van der Waals surface area contributed by atoms with Gasteiger partial charge in [0, 0.05) is 12.1 Å². The number of nitrogens with one attached hydrogen (secondary N) is 2. The highest BCUT2D eigenvalue weighted by Crippen LogP contribution is 2.22. The van der Waals surface area contributed by atoms with Gasteiger partial charge < -0.3 is 5.11 Å². The van der Waals surface area contributed by atoms with Crippen LogP contribution in [0.2, 0.25) is 0 Å². The van der Waals surface area contributed by atoms with Crippen LogP contribution in [0.25, 0.3) is 0 Å². The molecule has 5 nitrogen and oxygen atoms in total. The number of aliphatic hydroxyl groups is 1. The van der Waals surface area contributed by atoms with E-state index >= 15 is 0 Å². The maximum atomic E-state index is 11.3. The Morgan fingerprint density at radius 2 is 1.62 bits per heavy atom. The normalized spacial score (nSPS) is 34.2. The molecule has 0 aromatic rings. The molecule has 3 N–H and O–H groups in total. The molecule has 0 atom stereocenters. The predicted molar refractivity (Wildman–Crippen MR) is 47.2 cm³/mol. The van der Waals surface area contributed by atoms with E-state index in [1.165, 1.54) is 0 Å². The molecule has 0 spiro atoms. The van der Waals surface area contributed by atoms with Crippen molar-refractivity contribution < 1.29 is 13.5 Å². The van der Waals surface area contributed by atoms with Crippen molar-refractivity contribution in [2.24, 2.45) is 0 Å². The van der Waals surface area contributed by atoms with Gasteiger partial charge in [-0.1, -0.05) is 0 Å². The molecule has 0 aromatic carbocycles. The number of hydrogen-bond donors (Lipinski definition) is 3. The van der Waals surface area contributed by atoms with Crippen molar-refractivity contribution >= 4 is 10.2 Å². The largest absolute Gasteiger partial charge is 0.393 e. The van der Waals surface area contributed by atoms with Crippen LogP contribution in [0.4, 0.5) is 0 Å². The van der Waals surface area contributed by atoms with Crippen molar-refractivity contribution in [3.05, 3.63) is 0 Å². The molecule has 0 heterocycles. The van der Waals surface area contributed by atoms with Gasteiger partial charge in [0.05, 0.1) is 6.10 Å². The number of hydrogen-bond acceptors (Lipinski definition) is 3. The van der Waals surface area contributed by atoms with E-state index in [0.717, 1.165) is 12.8 Å². The van der Waals surface area contributed by atoms with E-state index in [1.807, 2.05) is 0 Å². The molecule has 2 fully saturated rings. The summed E-state index contributed by atoms with van der Waals surface area (Å²) >= 11 is 0. The summed E-state index contributed by atoms with van der Waals surface area (Å²) in [5.41, 5.74) is 0. The van der Waals surface area contributed by atoms with E-state index in [0.29, 0.717) is 12.8 Å². The summed E-state index contributed by atoms with van der Waals surface area (Å²) in [4.78, 5) is 0. The van der Waals surface area contributed by atoms with Crippen molar-refractivity contribution in [2.75, 3.05) is 0 Å². The van der Waals surface area contributed by atoms with Crippen LogP contribution < -0.4 is 9.44 Å². The minimum atomic E-state index is -3.31. The van der Waals surface area contributed by atoms with Gasteiger partial charge in [0.2, 0.25) is 0 Å². The van der Waals surface area contributed by atoms with E-state index < -0.39 is 10.2 Å². The Kier molecular flexibility index (Phi) is 2.31. The summed E-state index contributed by atoms with van der Waals surface area (Å²) < 4.78 is 27.6. The monoisotopic (exact) mass is 206 g/mol. The molecule has 0 bridgehead atoms. The van der Waals surface area contributed by atoms with Crippen molar-refractivity contribution in [2.45, 2.75) is 43.9 Å². The number of aliphatic hydroxyl groups excluding tert-OH is 1. The standard InChI is InChI=1S/C7H14N2O3S/c10-7-3-6(4-7)9-13(11,12)8-5-1-2-5/h5-10H,1-4H2. The van der Waals surface area contributed by atoms with Gasteiger partial charge in [-0.15, -0.1) is 0 Å². The van der Waals surface area contributed by atoms with Gasteiger partial charge in [-0.2, -0.15) is 17.9 Å². The van der Waals surface area contributed by atoms with Crippen molar-refractivity contribution in [3.8, 4) is 0 Å². The molecule has 6 heteroatoms. The SMILES string of the molecule is O=S(=O)(NC1CC1)NC1CC(O)C1. The molecule has 2 aliphatic carbocycles. The summed E-state index contributed by atoms with van der Waals surface area (Å²) in [5, 5.41) is 8.95. The van der Waals surface area contributed by atoms with Crippen molar-refractivity contribution in [1.29, 1.82) is 0 Å². The summed E-state index contributed by atoms with van der Waals surface area (Å²) in [6, 6.07) is 0.0637. The zero-order valence-electron chi connectivity index (χ0n) is 7.23. The van der Waals surface area contributed by atoms with Gasteiger partial charge in [0.15, 0.2) is 0 Å². The lowest BCUT2D eigenvalue weighted by atomic mass is 9.91. The minimum Gasteiger partial charge on any atom is -0.393 e. The third-order valence-corrected chi connectivity index (χ3v) is 3.62. The molecular weight excluding hydrogens is 192 g/mol. The van der Waals surface area contributed by atoms with Gasteiger partial charge in [0.25, 0.3) is 10.2 Å². The van der Waals surface area contributed by atoms with Crippen LogP contribution in [0.1, 0.15) is 25.7 Å². The molecule has 0 radical (unpaired) electrons. The zero-order chi connectivity index (χ0) is 9.47. The van der Waals surface area contributed by atoms with Gasteiger partial charge in [0.1, 0.15) is 0 Å². The van der Waals surface area contributed by atoms with Gasteiger partial charge >= 0.3 is 0 Å². The lowest BCUT2D eigenvalue weighted by Gasteiger charge is -2.31. The highest BCUT2D eigenvalue weighted by Gasteiger charge is 2.33.